The highest BCUT2D eigenvalue weighted by Crippen LogP contribution is 2.26. The average molecular weight is 250 g/mol. The predicted molar refractivity (Wildman–Crippen MR) is 68.1 cm³/mol. The standard InChI is InChI=1S/C13H18N2O3/c1-9(17-2)18-8-13(14)7-10-5-3-4-6-11(10)15-12(13)16/h3-6,9H,7-8,14H2,1-2H3,(H,15,16). The molecule has 98 valence electrons. The SMILES string of the molecule is COC(C)OCC1(N)Cc2ccccc2NC1=O. The Morgan fingerprint density at radius 1 is 1.50 bits per heavy atom. The average Bonchev–Trinajstić information content (AvgIpc) is 2.37. The van der Waals surface area contributed by atoms with E-state index in [1.54, 1.807) is 14.0 Å². The lowest BCUT2D eigenvalue weighted by Gasteiger charge is -2.33. The summed E-state index contributed by atoms with van der Waals surface area (Å²) in [6.07, 6.45) is 0.0845. The van der Waals surface area contributed by atoms with Crippen molar-refractivity contribution in [3.63, 3.8) is 0 Å². The molecule has 18 heavy (non-hydrogen) atoms. The zero-order valence-electron chi connectivity index (χ0n) is 10.6. The van der Waals surface area contributed by atoms with E-state index in [0.717, 1.165) is 11.3 Å². The van der Waals surface area contributed by atoms with Crippen molar-refractivity contribution in [2.75, 3.05) is 19.0 Å². The first kappa shape index (κ1) is 13.0. The minimum atomic E-state index is -1.04. The van der Waals surface area contributed by atoms with Crippen LogP contribution >= 0.6 is 0 Å². The van der Waals surface area contributed by atoms with Gasteiger partial charge in [-0.2, -0.15) is 0 Å². The quantitative estimate of drug-likeness (QED) is 0.778. The van der Waals surface area contributed by atoms with Crippen LogP contribution in [0.2, 0.25) is 0 Å². The van der Waals surface area contributed by atoms with E-state index in [1.807, 2.05) is 24.3 Å². The summed E-state index contributed by atoms with van der Waals surface area (Å²) in [5.74, 6) is -0.218. The molecule has 1 aromatic carbocycles. The Morgan fingerprint density at radius 3 is 2.94 bits per heavy atom. The summed E-state index contributed by atoms with van der Waals surface area (Å²) in [6.45, 7) is 1.89. The van der Waals surface area contributed by atoms with Gasteiger partial charge in [0.1, 0.15) is 5.54 Å². The minimum Gasteiger partial charge on any atom is -0.356 e. The second-order valence-corrected chi connectivity index (χ2v) is 4.56. The number of fused-ring (bicyclic) bond motifs is 1. The van der Waals surface area contributed by atoms with Crippen LogP contribution < -0.4 is 11.1 Å². The molecule has 1 aliphatic rings. The highest BCUT2D eigenvalue weighted by atomic mass is 16.7. The van der Waals surface area contributed by atoms with Crippen LogP contribution in [0.25, 0.3) is 0 Å². The number of nitrogens with two attached hydrogens (primary N) is 1. The molecule has 0 bridgehead atoms. The third kappa shape index (κ3) is 2.53. The molecule has 0 saturated heterocycles. The van der Waals surface area contributed by atoms with Gasteiger partial charge in [0.15, 0.2) is 6.29 Å². The largest absolute Gasteiger partial charge is 0.356 e. The van der Waals surface area contributed by atoms with Crippen molar-refractivity contribution in [2.45, 2.75) is 25.2 Å². The van der Waals surface area contributed by atoms with E-state index in [-0.39, 0.29) is 18.8 Å². The van der Waals surface area contributed by atoms with E-state index in [1.165, 1.54) is 0 Å². The van der Waals surface area contributed by atoms with Gasteiger partial charge in [-0.3, -0.25) is 4.79 Å². The number of carbonyl (C=O) groups excluding carboxylic acids is 1. The maximum absolute atomic E-state index is 12.0. The minimum absolute atomic E-state index is 0.127. The number of benzene rings is 1. The zero-order valence-corrected chi connectivity index (χ0v) is 10.6. The number of hydrogen-bond acceptors (Lipinski definition) is 4. The molecule has 1 amide bonds. The fourth-order valence-electron chi connectivity index (χ4n) is 1.91. The number of amides is 1. The van der Waals surface area contributed by atoms with Crippen LogP contribution in [0, 0.1) is 0 Å². The number of carbonyl (C=O) groups is 1. The zero-order chi connectivity index (χ0) is 13.2. The molecule has 0 aromatic heterocycles. The van der Waals surface area contributed by atoms with Crippen molar-refractivity contribution in [3.8, 4) is 0 Å². The van der Waals surface area contributed by atoms with Gasteiger partial charge in [-0.05, 0) is 18.6 Å². The maximum atomic E-state index is 12.0. The van der Waals surface area contributed by atoms with Crippen molar-refractivity contribution < 1.29 is 14.3 Å². The Bertz CT molecular complexity index is 450. The van der Waals surface area contributed by atoms with Crippen LogP contribution in [-0.2, 0) is 20.7 Å². The van der Waals surface area contributed by atoms with Gasteiger partial charge < -0.3 is 20.5 Å². The van der Waals surface area contributed by atoms with Crippen molar-refractivity contribution in [1.82, 2.24) is 0 Å². The highest BCUT2D eigenvalue weighted by molar-refractivity contribution is 6.01. The number of hydrogen-bond donors (Lipinski definition) is 2. The monoisotopic (exact) mass is 250 g/mol. The maximum Gasteiger partial charge on any atom is 0.247 e. The van der Waals surface area contributed by atoms with Crippen molar-refractivity contribution in [1.29, 1.82) is 0 Å². The number of methoxy groups -OCH3 is 1. The highest BCUT2D eigenvalue weighted by Gasteiger charge is 2.39. The van der Waals surface area contributed by atoms with E-state index in [4.69, 9.17) is 15.2 Å². The van der Waals surface area contributed by atoms with Crippen LogP contribution in [0.1, 0.15) is 12.5 Å². The summed E-state index contributed by atoms with van der Waals surface area (Å²) in [5.41, 5.74) is 6.93. The number of ether oxygens (including phenoxy) is 2. The number of para-hydroxylation sites is 1. The van der Waals surface area contributed by atoms with Crippen LogP contribution in [0.15, 0.2) is 24.3 Å². The van der Waals surface area contributed by atoms with E-state index in [2.05, 4.69) is 5.32 Å². The van der Waals surface area contributed by atoms with Crippen molar-refractivity contribution in [2.24, 2.45) is 5.73 Å². The van der Waals surface area contributed by atoms with Crippen LogP contribution in [0.5, 0.6) is 0 Å². The normalized spacial score (nSPS) is 24.3. The van der Waals surface area contributed by atoms with E-state index < -0.39 is 5.54 Å². The molecule has 2 unspecified atom stereocenters. The second-order valence-electron chi connectivity index (χ2n) is 4.56. The Morgan fingerprint density at radius 2 is 2.22 bits per heavy atom. The fraction of sp³-hybridized carbons (Fsp3) is 0.462. The number of rotatable bonds is 4. The molecule has 0 radical (unpaired) electrons. The molecule has 1 heterocycles. The Labute approximate surface area is 106 Å². The van der Waals surface area contributed by atoms with Crippen molar-refractivity contribution >= 4 is 11.6 Å². The molecule has 1 aliphatic heterocycles. The van der Waals surface area contributed by atoms with Gasteiger partial charge in [0.05, 0.1) is 6.61 Å². The molecule has 0 fully saturated rings. The molecular formula is C13H18N2O3. The molecule has 0 aliphatic carbocycles. The number of nitrogens with one attached hydrogen (secondary N) is 1. The van der Waals surface area contributed by atoms with E-state index in [9.17, 15) is 4.79 Å². The van der Waals surface area contributed by atoms with Gasteiger partial charge in [-0.25, -0.2) is 0 Å². The summed E-state index contributed by atoms with van der Waals surface area (Å²) in [5, 5.41) is 2.81. The number of anilines is 1. The summed E-state index contributed by atoms with van der Waals surface area (Å²) in [4.78, 5) is 12.0. The van der Waals surface area contributed by atoms with Gasteiger partial charge in [-0.1, -0.05) is 18.2 Å². The predicted octanol–water partition coefficient (Wildman–Crippen LogP) is 0.888. The Balaban J connectivity index is 2.12. The summed E-state index contributed by atoms with van der Waals surface area (Å²) < 4.78 is 10.4. The molecule has 5 nitrogen and oxygen atoms in total. The van der Waals surface area contributed by atoms with Crippen LogP contribution in [-0.4, -0.2) is 31.5 Å². The lowest BCUT2D eigenvalue weighted by Crippen LogP contribution is -2.59. The molecule has 1 aromatic rings. The smallest absolute Gasteiger partial charge is 0.247 e. The van der Waals surface area contributed by atoms with E-state index >= 15 is 0 Å². The first-order chi connectivity index (χ1) is 8.55. The van der Waals surface area contributed by atoms with Gasteiger partial charge in [0, 0.05) is 19.2 Å². The molecule has 0 saturated carbocycles. The van der Waals surface area contributed by atoms with Crippen molar-refractivity contribution in [3.05, 3.63) is 29.8 Å². The van der Waals surface area contributed by atoms with Gasteiger partial charge in [0.2, 0.25) is 5.91 Å². The first-order valence-electron chi connectivity index (χ1n) is 5.88. The molecular weight excluding hydrogens is 232 g/mol. The Hall–Kier alpha value is -1.43. The summed E-state index contributed by atoms with van der Waals surface area (Å²) in [7, 11) is 1.55. The lowest BCUT2D eigenvalue weighted by atomic mass is 9.87. The molecule has 3 N–H and O–H groups in total. The van der Waals surface area contributed by atoms with Crippen LogP contribution in [0.3, 0.4) is 0 Å². The van der Waals surface area contributed by atoms with E-state index in [0.29, 0.717) is 6.42 Å². The van der Waals surface area contributed by atoms with Gasteiger partial charge >= 0.3 is 0 Å². The molecule has 2 rings (SSSR count). The summed E-state index contributed by atoms with van der Waals surface area (Å²) >= 11 is 0. The second kappa shape index (κ2) is 5.06. The fourth-order valence-corrected chi connectivity index (χ4v) is 1.91. The lowest BCUT2D eigenvalue weighted by molar-refractivity contribution is -0.139. The Kier molecular flexibility index (Phi) is 3.65. The third-order valence-electron chi connectivity index (χ3n) is 3.13. The van der Waals surface area contributed by atoms with Gasteiger partial charge in [0.25, 0.3) is 0 Å². The molecule has 2 atom stereocenters. The summed E-state index contributed by atoms with van der Waals surface area (Å²) in [6, 6.07) is 7.63. The third-order valence-corrected chi connectivity index (χ3v) is 3.13. The van der Waals surface area contributed by atoms with Crippen LogP contribution in [0.4, 0.5) is 5.69 Å². The first-order valence-corrected chi connectivity index (χ1v) is 5.88. The van der Waals surface area contributed by atoms with Gasteiger partial charge in [-0.15, -0.1) is 0 Å². The topological polar surface area (TPSA) is 73.6 Å². The molecule has 5 heteroatoms. The molecule has 0 spiro atoms.